The average Bonchev–Trinajstić information content (AvgIpc) is 2.41. The first-order valence-electron chi connectivity index (χ1n) is 5.92. The van der Waals surface area contributed by atoms with Crippen molar-refractivity contribution in [2.75, 3.05) is 5.32 Å². The Morgan fingerprint density at radius 2 is 2.05 bits per heavy atom. The molecule has 0 unspecified atom stereocenters. The summed E-state index contributed by atoms with van der Waals surface area (Å²) in [4.78, 5) is 24.0. The number of hydrogen-bond acceptors (Lipinski definition) is 4. The van der Waals surface area contributed by atoms with Gasteiger partial charge in [0, 0.05) is 5.92 Å². The third-order valence-electron chi connectivity index (χ3n) is 2.46. The van der Waals surface area contributed by atoms with Gasteiger partial charge in [-0.15, -0.1) is 0 Å². The molecule has 20 heavy (non-hydrogen) atoms. The number of halogens is 2. The number of rotatable bonds is 3. The monoisotopic (exact) mass is 294 g/mol. The van der Waals surface area contributed by atoms with Crippen molar-refractivity contribution in [3.63, 3.8) is 0 Å². The topological polar surface area (TPSA) is 67.8 Å². The lowest BCUT2D eigenvalue weighted by Gasteiger charge is -2.08. The molecule has 0 spiro atoms. The van der Waals surface area contributed by atoms with Crippen LogP contribution in [0, 0.1) is 5.82 Å². The van der Waals surface area contributed by atoms with Gasteiger partial charge >= 0.3 is 0 Å². The van der Waals surface area contributed by atoms with Gasteiger partial charge in [-0.05, 0) is 12.1 Å². The number of pyridine rings is 1. The summed E-state index contributed by atoms with van der Waals surface area (Å²) < 4.78 is 12.7. The maximum absolute atomic E-state index is 12.7. The van der Waals surface area contributed by atoms with Crippen LogP contribution in [-0.4, -0.2) is 20.9 Å². The molecule has 0 bridgehead atoms. The van der Waals surface area contributed by atoms with Crippen LogP contribution < -0.4 is 5.32 Å². The van der Waals surface area contributed by atoms with Gasteiger partial charge in [0.15, 0.2) is 5.69 Å². The summed E-state index contributed by atoms with van der Waals surface area (Å²) in [6.45, 7) is 3.82. The summed E-state index contributed by atoms with van der Waals surface area (Å²) in [7, 11) is 0. The van der Waals surface area contributed by atoms with Gasteiger partial charge in [0.1, 0.15) is 17.5 Å². The molecule has 7 heteroatoms. The smallest absolute Gasteiger partial charge is 0.277 e. The Kier molecular flexibility index (Phi) is 4.24. The Morgan fingerprint density at radius 3 is 2.65 bits per heavy atom. The minimum Gasteiger partial charge on any atom is -0.305 e. The van der Waals surface area contributed by atoms with Gasteiger partial charge in [-0.1, -0.05) is 25.4 Å². The van der Waals surface area contributed by atoms with Crippen molar-refractivity contribution < 1.29 is 9.18 Å². The van der Waals surface area contributed by atoms with Crippen molar-refractivity contribution in [2.24, 2.45) is 0 Å². The Hall–Kier alpha value is -2.08. The van der Waals surface area contributed by atoms with E-state index in [1.54, 1.807) is 0 Å². The lowest BCUT2D eigenvalue weighted by Crippen LogP contribution is -2.17. The van der Waals surface area contributed by atoms with E-state index in [0.717, 1.165) is 6.20 Å². The zero-order valence-electron chi connectivity index (χ0n) is 10.9. The summed E-state index contributed by atoms with van der Waals surface area (Å²) >= 11 is 5.92. The van der Waals surface area contributed by atoms with Crippen molar-refractivity contribution in [1.82, 2.24) is 15.0 Å². The largest absolute Gasteiger partial charge is 0.305 e. The molecule has 0 atom stereocenters. The molecule has 0 aliphatic heterocycles. The van der Waals surface area contributed by atoms with Crippen molar-refractivity contribution in [1.29, 1.82) is 0 Å². The summed E-state index contributed by atoms with van der Waals surface area (Å²) in [5.74, 6) is -0.185. The average molecular weight is 295 g/mol. The number of nitrogens with one attached hydrogen (secondary N) is 1. The first-order valence-corrected chi connectivity index (χ1v) is 6.30. The summed E-state index contributed by atoms with van der Waals surface area (Å²) in [6, 6.07) is 2.55. The molecular formula is C13H12ClFN4O. The van der Waals surface area contributed by atoms with Crippen molar-refractivity contribution in [3.8, 4) is 0 Å². The predicted molar refractivity (Wildman–Crippen MR) is 73.3 cm³/mol. The highest BCUT2D eigenvalue weighted by Crippen LogP contribution is 2.17. The second-order valence-electron chi connectivity index (χ2n) is 4.40. The predicted octanol–water partition coefficient (Wildman–Crippen LogP) is 3.04. The highest BCUT2D eigenvalue weighted by molar-refractivity contribution is 6.33. The minimum absolute atomic E-state index is 0.0662. The lowest BCUT2D eigenvalue weighted by atomic mass is 10.2. The standard InChI is InChI=1S/C13H12ClFN4O/c1-7(2)12-17-6-9(14)11(19-12)13(20)18-10-4-3-8(15)5-16-10/h3-7H,1-2H3,(H,16,18,20). The van der Waals surface area contributed by atoms with Crippen LogP contribution >= 0.6 is 11.6 Å². The van der Waals surface area contributed by atoms with E-state index in [9.17, 15) is 9.18 Å². The van der Waals surface area contributed by atoms with Gasteiger partial charge in [0.25, 0.3) is 5.91 Å². The van der Waals surface area contributed by atoms with E-state index < -0.39 is 11.7 Å². The third kappa shape index (κ3) is 3.27. The van der Waals surface area contributed by atoms with Crippen molar-refractivity contribution in [2.45, 2.75) is 19.8 Å². The van der Waals surface area contributed by atoms with E-state index in [4.69, 9.17) is 11.6 Å². The zero-order chi connectivity index (χ0) is 14.7. The summed E-state index contributed by atoms with van der Waals surface area (Å²) in [6.07, 6.45) is 2.40. The highest BCUT2D eigenvalue weighted by Gasteiger charge is 2.16. The lowest BCUT2D eigenvalue weighted by molar-refractivity contribution is 0.102. The molecule has 0 radical (unpaired) electrons. The quantitative estimate of drug-likeness (QED) is 0.945. The van der Waals surface area contributed by atoms with Gasteiger partial charge in [0.2, 0.25) is 0 Å². The van der Waals surface area contributed by atoms with Crippen LogP contribution in [0.5, 0.6) is 0 Å². The molecule has 104 valence electrons. The second-order valence-corrected chi connectivity index (χ2v) is 4.80. The zero-order valence-corrected chi connectivity index (χ0v) is 11.6. The van der Waals surface area contributed by atoms with Gasteiger partial charge in [-0.2, -0.15) is 0 Å². The Bertz CT molecular complexity index is 631. The molecule has 0 saturated heterocycles. The summed E-state index contributed by atoms with van der Waals surface area (Å²) in [5.41, 5.74) is 0.0662. The van der Waals surface area contributed by atoms with E-state index >= 15 is 0 Å². The molecule has 1 amide bonds. The van der Waals surface area contributed by atoms with Gasteiger partial charge < -0.3 is 5.32 Å². The second kappa shape index (κ2) is 5.92. The molecule has 1 N–H and O–H groups in total. The van der Waals surface area contributed by atoms with Crippen LogP contribution in [0.15, 0.2) is 24.5 Å². The number of hydrogen-bond donors (Lipinski definition) is 1. The Labute approximate surface area is 120 Å². The van der Waals surface area contributed by atoms with Crippen LogP contribution in [0.3, 0.4) is 0 Å². The molecule has 2 aromatic heterocycles. The van der Waals surface area contributed by atoms with Crippen LogP contribution in [0.1, 0.15) is 36.1 Å². The molecule has 0 saturated carbocycles. The number of nitrogens with zero attached hydrogens (tertiary/aromatic N) is 3. The molecular weight excluding hydrogens is 283 g/mol. The maximum atomic E-state index is 12.7. The molecule has 2 aromatic rings. The minimum atomic E-state index is -0.515. The number of aromatic nitrogens is 3. The van der Waals surface area contributed by atoms with E-state index in [1.807, 2.05) is 13.8 Å². The molecule has 2 rings (SSSR count). The fourth-order valence-corrected chi connectivity index (χ4v) is 1.62. The van der Waals surface area contributed by atoms with Crippen LogP contribution in [-0.2, 0) is 0 Å². The fraction of sp³-hybridized carbons (Fsp3) is 0.231. The van der Waals surface area contributed by atoms with E-state index in [-0.39, 0.29) is 22.5 Å². The van der Waals surface area contributed by atoms with Gasteiger partial charge in [-0.3, -0.25) is 4.79 Å². The molecule has 0 aliphatic rings. The number of amides is 1. The molecule has 5 nitrogen and oxygen atoms in total. The Morgan fingerprint density at radius 1 is 1.30 bits per heavy atom. The number of carbonyl (C=O) groups is 1. The van der Waals surface area contributed by atoms with Crippen LogP contribution in [0.25, 0.3) is 0 Å². The molecule has 0 aliphatic carbocycles. The SMILES string of the molecule is CC(C)c1ncc(Cl)c(C(=O)Nc2ccc(F)cn2)n1. The third-order valence-corrected chi connectivity index (χ3v) is 2.74. The fourth-order valence-electron chi connectivity index (χ4n) is 1.44. The number of anilines is 1. The van der Waals surface area contributed by atoms with Crippen molar-refractivity contribution in [3.05, 3.63) is 46.9 Å². The molecule has 0 fully saturated rings. The van der Waals surface area contributed by atoms with Crippen LogP contribution in [0.4, 0.5) is 10.2 Å². The van der Waals surface area contributed by atoms with E-state index in [0.29, 0.717) is 5.82 Å². The van der Waals surface area contributed by atoms with E-state index in [1.165, 1.54) is 18.3 Å². The van der Waals surface area contributed by atoms with Crippen molar-refractivity contribution >= 4 is 23.3 Å². The molecule has 2 heterocycles. The first-order chi connectivity index (χ1) is 9.47. The maximum Gasteiger partial charge on any atom is 0.277 e. The van der Waals surface area contributed by atoms with Crippen LogP contribution in [0.2, 0.25) is 5.02 Å². The normalized spacial score (nSPS) is 10.7. The van der Waals surface area contributed by atoms with Gasteiger partial charge in [0.05, 0.1) is 17.4 Å². The molecule has 0 aromatic carbocycles. The van der Waals surface area contributed by atoms with Gasteiger partial charge in [-0.25, -0.2) is 19.3 Å². The summed E-state index contributed by atoms with van der Waals surface area (Å²) in [5, 5.41) is 2.65. The Balaban J connectivity index is 2.24. The highest BCUT2D eigenvalue weighted by atomic mass is 35.5. The number of carbonyl (C=O) groups excluding carboxylic acids is 1. The van der Waals surface area contributed by atoms with E-state index in [2.05, 4.69) is 20.3 Å². The first kappa shape index (κ1) is 14.3.